The van der Waals surface area contributed by atoms with Gasteiger partial charge in [-0.2, -0.15) is 0 Å². The van der Waals surface area contributed by atoms with E-state index in [1.807, 2.05) is 0 Å². The highest BCUT2D eigenvalue weighted by molar-refractivity contribution is 5.56. The highest BCUT2D eigenvalue weighted by Gasteiger charge is 2.22. The van der Waals surface area contributed by atoms with Crippen molar-refractivity contribution in [2.75, 3.05) is 6.61 Å². The van der Waals surface area contributed by atoms with Gasteiger partial charge in [0, 0.05) is 0 Å². The van der Waals surface area contributed by atoms with Gasteiger partial charge in [-0.25, -0.2) is 0 Å². The maximum atomic E-state index is 9.85. The molecule has 0 unspecified atom stereocenters. The molecule has 0 aromatic rings. The second-order valence-corrected chi connectivity index (χ2v) is 1.70. The number of aliphatic hydroxyl groups excluding tert-OH is 3. The van der Waals surface area contributed by atoms with Gasteiger partial charge in [-0.15, -0.1) is 0 Å². The molecule has 0 rings (SSSR count). The van der Waals surface area contributed by atoms with Crippen LogP contribution in [-0.4, -0.2) is 51.6 Å². The fourth-order valence-electron chi connectivity index (χ4n) is 0.360. The van der Waals surface area contributed by atoms with E-state index in [2.05, 4.69) is 0 Å². The molecule has 0 aliphatic heterocycles. The Morgan fingerprint density at radius 1 is 1.50 bits per heavy atom. The van der Waals surface area contributed by atoms with Crippen molar-refractivity contribution in [2.24, 2.45) is 0 Å². The third kappa shape index (κ3) is 2.40. The van der Waals surface area contributed by atoms with Crippen molar-refractivity contribution in [1.29, 1.82) is 0 Å². The summed E-state index contributed by atoms with van der Waals surface area (Å²) >= 11 is 0. The van der Waals surface area contributed by atoms with Crippen LogP contribution in [0.4, 0.5) is 0 Å². The van der Waals surface area contributed by atoms with Gasteiger partial charge in [-0.1, -0.05) is 0 Å². The Balaban J connectivity index is 4.29. The first-order valence-electron chi connectivity index (χ1n) is 3.11. The van der Waals surface area contributed by atoms with Crippen LogP contribution in [0, 0.1) is 0 Å². The first kappa shape index (κ1) is 7.62. The lowest BCUT2D eigenvalue weighted by Crippen LogP contribution is -2.40. The van der Waals surface area contributed by atoms with Crippen molar-refractivity contribution in [3.63, 3.8) is 0 Å². The lowest BCUT2D eigenvalue weighted by Gasteiger charge is -2.16. The van der Waals surface area contributed by atoms with Crippen LogP contribution in [-0.2, 0) is 4.79 Å². The largest absolute Gasteiger partial charge is 0.394 e. The molecule has 0 aromatic carbocycles. The van der Waals surface area contributed by atoms with Crippen molar-refractivity contribution in [3.05, 3.63) is 0 Å². The van der Waals surface area contributed by atoms with Crippen molar-refractivity contribution < 1.29 is 26.6 Å². The molecule has 0 aliphatic carbocycles. The summed E-state index contributed by atoms with van der Waals surface area (Å²) in [6.07, 6.45) is -6.71. The zero-order valence-corrected chi connectivity index (χ0v) is 5.14. The highest BCUT2D eigenvalue weighted by Crippen LogP contribution is 1.96. The summed E-state index contributed by atoms with van der Waals surface area (Å²) in [6, 6.07) is 0. The Morgan fingerprint density at radius 2 is 2.00 bits per heavy atom. The molecular formula is C5H10O5. The van der Waals surface area contributed by atoms with Crippen LogP contribution < -0.4 is 0 Å². The molecule has 0 saturated heterocycles. The van der Waals surface area contributed by atoms with Crippen LogP contribution in [0.15, 0.2) is 0 Å². The van der Waals surface area contributed by atoms with E-state index < -0.39 is 24.9 Å². The van der Waals surface area contributed by atoms with E-state index in [4.69, 9.17) is 21.8 Å². The van der Waals surface area contributed by atoms with E-state index in [9.17, 15) is 4.79 Å². The van der Waals surface area contributed by atoms with Gasteiger partial charge in [-0.05, 0) is 0 Å². The Hall–Kier alpha value is -0.490. The highest BCUT2D eigenvalue weighted by atomic mass is 16.4. The monoisotopic (exact) mass is 151 g/mol. The fraction of sp³-hybridized carbons (Fsp3) is 0.800. The molecule has 5 nitrogen and oxygen atoms in total. The van der Waals surface area contributed by atoms with E-state index in [1.54, 1.807) is 0 Å². The molecule has 0 heterocycles. The van der Waals surface area contributed by atoms with Crippen LogP contribution >= 0.6 is 0 Å². The number of aldehydes is 1. The zero-order valence-electron chi connectivity index (χ0n) is 6.14. The smallest absolute Gasteiger partial charge is 0.151 e. The molecule has 4 N–H and O–H groups in total. The average Bonchev–Trinajstić information content (AvgIpc) is 2.01. The van der Waals surface area contributed by atoms with Gasteiger partial charge in [0.05, 0.1) is 7.98 Å². The summed E-state index contributed by atoms with van der Waals surface area (Å²) in [4.78, 5) is 9.85. The second-order valence-electron chi connectivity index (χ2n) is 1.70. The fourth-order valence-corrected chi connectivity index (χ4v) is 0.360. The number of carbonyl (C=O) groups is 1. The molecule has 0 spiro atoms. The molecule has 0 bridgehead atoms. The van der Waals surface area contributed by atoms with Crippen LogP contribution in [0.1, 0.15) is 1.37 Å². The van der Waals surface area contributed by atoms with E-state index in [1.165, 1.54) is 0 Å². The molecule has 10 heavy (non-hydrogen) atoms. The number of hydrogen-bond donors (Lipinski definition) is 4. The summed E-state index contributed by atoms with van der Waals surface area (Å²) in [5, 5.41) is 34.4. The van der Waals surface area contributed by atoms with Gasteiger partial charge in [0.1, 0.15) is 18.3 Å². The molecule has 0 fully saturated rings. The predicted molar refractivity (Wildman–Crippen MR) is 31.2 cm³/mol. The molecule has 3 atom stereocenters. The lowest BCUT2D eigenvalue weighted by atomic mass is 10.1. The van der Waals surface area contributed by atoms with Gasteiger partial charge < -0.3 is 25.2 Å². The summed E-state index contributed by atoms with van der Waals surface area (Å²) in [5.74, 6) is 0. The molecule has 0 aromatic heterocycles. The van der Waals surface area contributed by atoms with Crippen LogP contribution in [0.5, 0.6) is 0 Å². The Kier molecular flexibility index (Phi) is 3.31. The molecule has 5 heteroatoms. The van der Waals surface area contributed by atoms with Crippen molar-refractivity contribution in [2.45, 2.75) is 18.3 Å². The van der Waals surface area contributed by atoms with E-state index in [0.29, 0.717) is 0 Å². The second kappa shape index (κ2) is 4.35. The number of carbonyl (C=O) groups excluding carboxylic acids is 1. The van der Waals surface area contributed by atoms with Gasteiger partial charge in [-0.3, -0.25) is 0 Å². The first-order valence-corrected chi connectivity index (χ1v) is 2.61. The summed E-state index contributed by atoms with van der Waals surface area (Å²) in [7, 11) is 0. The van der Waals surface area contributed by atoms with E-state index in [-0.39, 0.29) is 6.29 Å². The maximum Gasteiger partial charge on any atom is 0.151 e. The van der Waals surface area contributed by atoms with Crippen LogP contribution in [0.25, 0.3) is 0 Å². The average molecular weight is 151 g/mol. The van der Waals surface area contributed by atoms with Gasteiger partial charge in [0.2, 0.25) is 0 Å². The molecule has 0 saturated carbocycles. The Labute approximate surface area is 58.9 Å². The van der Waals surface area contributed by atoms with Gasteiger partial charge >= 0.3 is 0 Å². The topological polar surface area (TPSA) is 98.0 Å². The minimum atomic E-state index is -2.74. The van der Waals surface area contributed by atoms with Crippen molar-refractivity contribution in [3.8, 4) is 0 Å². The van der Waals surface area contributed by atoms with E-state index >= 15 is 0 Å². The Morgan fingerprint density at radius 3 is 2.30 bits per heavy atom. The number of aliphatic hydroxyl groups is 4. The third-order valence-electron chi connectivity index (χ3n) is 0.946. The normalized spacial score (nSPS) is 24.2. The standard InChI is InChI=1S/C5H10O5/c6-1-3(8)5(10)4(9)2-7/h1,3-5,7-10H,2H2/t3-,4+,5+/m0/s1/i5D. The first-order chi connectivity index (χ1) is 4.96. The lowest BCUT2D eigenvalue weighted by molar-refractivity contribution is -0.127. The minimum Gasteiger partial charge on any atom is -0.394 e. The quantitative estimate of drug-likeness (QED) is 0.327. The maximum absolute atomic E-state index is 9.85. The SMILES string of the molecule is [2H][C@](O)([C@H](O)CO)[C@@H](O)C=O. The third-order valence-corrected chi connectivity index (χ3v) is 0.946. The summed E-state index contributed by atoms with van der Waals surface area (Å²) < 4.78 is 6.80. The zero-order chi connectivity index (χ0) is 9.07. The van der Waals surface area contributed by atoms with E-state index in [0.717, 1.165) is 0 Å². The minimum absolute atomic E-state index is 0.0914. The van der Waals surface area contributed by atoms with Crippen molar-refractivity contribution in [1.82, 2.24) is 0 Å². The van der Waals surface area contributed by atoms with Gasteiger partial charge in [0.25, 0.3) is 0 Å². The van der Waals surface area contributed by atoms with Gasteiger partial charge in [0.15, 0.2) is 6.29 Å². The summed E-state index contributed by atoms with van der Waals surface area (Å²) in [6.45, 7) is -0.898. The number of rotatable bonds is 4. The van der Waals surface area contributed by atoms with Crippen molar-refractivity contribution >= 4 is 6.29 Å². The molecule has 0 radical (unpaired) electrons. The molecule has 0 aliphatic rings. The predicted octanol–water partition coefficient (Wildman–Crippen LogP) is -2.74. The molecular weight excluding hydrogens is 140 g/mol. The van der Waals surface area contributed by atoms with Crippen LogP contribution in [0.3, 0.4) is 0 Å². The molecule has 0 amide bonds. The number of hydrogen-bond acceptors (Lipinski definition) is 5. The molecule has 60 valence electrons. The summed E-state index contributed by atoms with van der Waals surface area (Å²) in [5.41, 5.74) is 0. The van der Waals surface area contributed by atoms with Crippen LogP contribution in [0.2, 0.25) is 0 Å². The Bertz CT molecular complexity index is 137.